The van der Waals surface area contributed by atoms with Crippen LogP contribution in [0.5, 0.6) is 0 Å². The van der Waals surface area contributed by atoms with Gasteiger partial charge in [0.15, 0.2) is 9.84 Å². The van der Waals surface area contributed by atoms with Gasteiger partial charge in [0.25, 0.3) is 0 Å². The highest BCUT2D eigenvalue weighted by Gasteiger charge is 2.12. The summed E-state index contributed by atoms with van der Waals surface area (Å²) >= 11 is 0. The van der Waals surface area contributed by atoms with Gasteiger partial charge in [-0.1, -0.05) is 0 Å². The first-order valence-corrected chi connectivity index (χ1v) is 7.60. The smallest absolute Gasteiger partial charge is 0.303 e. The van der Waals surface area contributed by atoms with Crippen LogP contribution in [0.2, 0.25) is 0 Å². The van der Waals surface area contributed by atoms with Crippen LogP contribution >= 0.6 is 0 Å². The van der Waals surface area contributed by atoms with Gasteiger partial charge in [-0.3, -0.25) is 4.79 Å². The van der Waals surface area contributed by atoms with Crippen molar-refractivity contribution >= 4 is 15.8 Å². The highest BCUT2D eigenvalue weighted by Crippen LogP contribution is 2.20. The zero-order chi connectivity index (χ0) is 14.8. The summed E-state index contributed by atoms with van der Waals surface area (Å²) in [6.45, 7) is 0. The van der Waals surface area contributed by atoms with E-state index < -0.39 is 15.8 Å². The lowest BCUT2D eigenvalue weighted by Crippen LogP contribution is -1.97. The lowest BCUT2D eigenvalue weighted by molar-refractivity contribution is -0.137. The summed E-state index contributed by atoms with van der Waals surface area (Å²) in [6.07, 6.45) is 1.19. The largest absolute Gasteiger partial charge is 0.481 e. The third-order valence-corrected chi connectivity index (χ3v) is 3.68. The molecule has 1 heterocycles. The second kappa shape index (κ2) is 5.41. The van der Waals surface area contributed by atoms with E-state index in [2.05, 4.69) is 10.2 Å². The predicted molar refractivity (Wildman–Crippen MR) is 68.8 cm³/mol. The Morgan fingerprint density at radius 2 is 1.90 bits per heavy atom. The summed E-state index contributed by atoms with van der Waals surface area (Å²) < 4.78 is 28.0. The van der Waals surface area contributed by atoms with Crippen molar-refractivity contribution in [2.24, 2.45) is 0 Å². The van der Waals surface area contributed by atoms with Crippen molar-refractivity contribution in [3.05, 3.63) is 30.2 Å². The van der Waals surface area contributed by atoms with Gasteiger partial charge in [0.05, 0.1) is 11.3 Å². The van der Waals surface area contributed by atoms with E-state index in [1.54, 1.807) is 12.1 Å². The van der Waals surface area contributed by atoms with Crippen molar-refractivity contribution < 1.29 is 22.7 Å². The van der Waals surface area contributed by atoms with Crippen molar-refractivity contribution in [2.45, 2.75) is 17.7 Å². The first kappa shape index (κ1) is 14.2. The van der Waals surface area contributed by atoms with Crippen LogP contribution in [0.1, 0.15) is 12.3 Å². The molecule has 0 saturated heterocycles. The van der Waals surface area contributed by atoms with Crippen molar-refractivity contribution in [1.29, 1.82) is 0 Å². The van der Waals surface area contributed by atoms with Gasteiger partial charge in [0.1, 0.15) is 0 Å². The van der Waals surface area contributed by atoms with Gasteiger partial charge in [0, 0.05) is 18.2 Å². The molecule has 8 heteroatoms. The zero-order valence-corrected chi connectivity index (χ0v) is 11.4. The number of nitrogens with zero attached hydrogens (tertiary/aromatic N) is 2. The van der Waals surface area contributed by atoms with E-state index in [-0.39, 0.29) is 29.5 Å². The molecule has 1 N–H and O–H groups in total. The summed E-state index contributed by atoms with van der Waals surface area (Å²) in [6, 6.07) is 6.02. The zero-order valence-electron chi connectivity index (χ0n) is 10.6. The van der Waals surface area contributed by atoms with Gasteiger partial charge >= 0.3 is 5.97 Å². The first-order chi connectivity index (χ1) is 9.36. The minimum absolute atomic E-state index is 0.0886. The van der Waals surface area contributed by atoms with Crippen LogP contribution in [0.3, 0.4) is 0 Å². The number of aliphatic carboxylic acids is 1. The molecule has 0 amide bonds. The quantitative estimate of drug-likeness (QED) is 0.881. The SMILES string of the molecule is CS(=O)(=O)c1ccc(-c2nnc(CCC(=O)O)o2)cc1. The first-order valence-electron chi connectivity index (χ1n) is 5.71. The van der Waals surface area contributed by atoms with Crippen molar-refractivity contribution in [2.75, 3.05) is 6.26 Å². The fourth-order valence-corrected chi connectivity index (χ4v) is 2.16. The van der Waals surface area contributed by atoms with E-state index >= 15 is 0 Å². The fourth-order valence-electron chi connectivity index (χ4n) is 1.53. The van der Waals surface area contributed by atoms with E-state index in [0.717, 1.165) is 6.26 Å². The molecule has 0 unspecified atom stereocenters. The number of benzene rings is 1. The maximum absolute atomic E-state index is 11.3. The second-order valence-corrected chi connectivity index (χ2v) is 6.21. The normalized spacial score (nSPS) is 11.4. The molecule has 106 valence electrons. The van der Waals surface area contributed by atoms with Crippen LogP contribution in [0.25, 0.3) is 11.5 Å². The topological polar surface area (TPSA) is 110 Å². The maximum Gasteiger partial charge on any atom is 0.303 e. The van der Waals surface area contributed by atoms with E-state index in [0.29, 0.717) is 5.56 Å². The van der Waals surface area contributed by atoms with Crippen molar-refractivity contribution in [3.63, 3.8) is 0 Å². The molecule has 1 aromatic heterocycles. The lowest BCUT2D eigenvalue weighted by atomic mass is 10.2. The highest BCUT2D eigenvalue weighted by molar-refractivity contribution is 7.90. The average molecular weight is 296 g/mol. The second-order valence-electron chi connectivity index (χ2n) is 4.19. The van der Waals surface area contributed by atoms with Gasteiger partial charge < -0.3 is 9.52 Å². The molecule has 0 spiro atoms. The van der Waals surface area contributed by atoms with Gasteiger partial charge in [0.2, 0.25) is 11.8 Å². The van der Waals surface area contributed by atoms with Crippen LogP contribution < -0.4 is 0 Å². The number of carbonyl (C=O) groups is 1. The van der Waals surface area contributed by atoms with Crippen LogP contribution in [0.4, 0.5) is 0 Å². The number of carboxylic acids is 1. The third-order valence-electron chi connectivity index (χ3n) is 2.55. The maximum atomic E-state index is 11.3. The molecule has 0 radical (unpaired) electrons. The predicted octanol–water partition coefficient (Wildman–Crippen LogP) is 1.16. The standard InChI is InChI=1S/C12H12N2O5S/c1-20(17,18)9-4-2-8(3-5-9)12-14-13-10(19-12)6-7-11(15)16/h2-5H,6-7H2,1H3,(H,15,16). The van der Waals surface area contributed by atoms with Crippen molar-refractivity contribution in [3.8, 4) is 11.5 Å². The summed E-state index contributed by atoms with van der Waals surface area (Å²) in [5.74, 6) is -0.484. The fraction of sp³-hybridized carbons (Fsp3) is 0.250. The van der Waals surface area contributed by atoms with Crippen LogP contribution in [-0.4, -0.2) is 35.9 Å². The molecule has 7 nitrogen and oxygen atoms in total. The number of hydrogen-bond donors (Lipinski definition) is 1. The number of aryl methyl sites for hydroxylation is 1. The molecule has 2 rings (SSSR count). The Morgan fingerprint density at radius 1 is 1.25 bits per heavy atom. The molecule has 0 saturated carbocycles. The number of hydrogen-bond acceptors (Lipinski definition) is 6. The molecule has 0 bridgehead atoms. The molecule has 0 atom stereocenters. The minimum atomic E-state index is -3.25. The Hall–Kier alpha value is -2.22. The molecule has 0 aliphatic rings. The van der Waals surface area contributed by atoms with Crippen LogP contribution in [0, 0.1) is 0 Å². The van der Waals surface area contributed by atoms with Crippen LogP contribution in [0.15, 0.2) is 33.6 Å². The van der Waals surface area contributed by atoms with E-state index in [9.17, 15) is 13.2 Å². The van der Waals surface area contributed by atoms with Gasteiger partial charge in [-0.25, -0.2) is 8.42 Å². The highest BCUT2D eigenvalue weighted by atomic mass is 32.2. The van der Waals surface area contributed by atoms with Crippen molar-refractivity contribution in [1.82, 2.24) is 10.2 Å². The summed E-state index contributed by atoms with van der Waals surface area (Å²) in [5.41, 5.74) is 0.575. The summed E-state index contributed by atoms with van der Waals surface area (Å²) in [5, 5.41) is 16.1. The molecular formula is C12H12N2O5S. The number of carboxylic acid groups (broad SMARTS) is 1. The minimum Gasteiger partial charge on any atom is -0.481 e. The summed E-state index contributed by atoms with van der Waals surface area (Å²) in [7, 11) is -3.25. The van der Waals surface area contributed by atoms with Gasteiger partial charge in [-0.15, -0.1) is 10.2 Å². The number of aromatic nitrogens is 2. The Morgan fingerprint density at radius 3 is 2.45 bits per heavy atom. The van der Waals surface area contributed by atoms with Crippen LogP contribution in [-0.2, 0) is 21.1 Å². The lowest BCUT2D eigenvalue weighted by Gasteiger charge is -1.98. The average Bonchev–Trinajstić information content (AvgIpc) is 2.84. The molecule has 20 heavy (non-hydrogen) atoms. The Balaban J connectivity index is 2.18. The Kier molecular flexibility index (Phi) is 3.84. The Bertz CT molecular complexity index is 719. The van der Waals surface area contributed by atoms with Gasteiger partial charge in [-0.05, 0) is 24.3 Å². The summed E-state index contributed by atoms with van der Waals surface area (Å²) in [4.78, 5) is 10.6. The monoisotopic (exact) mass is 296 g/mol. The van der Waals surface area contributed by atoms with E-state index in [1.165, 1.54) is 12.1 Å². The molecular weight excluding hydrogens is 284 g/mol. The Labute approximate surface area is 115 Å². The van der Waals surface area contributed by atoms with Gasteiger partial charge in [-0.2, -0.15) is 0 Å². The third kappa shape index (κ3) is 3.41. The number of rotatable bonds is 5. The molecule has 2 aromatic rings. The molecule has 1 aromatic carbocycles. The molecule has 0 aliphatic carbocycles. The van der Waals surface area contributed by atoms with E-state index in [4.69, 9.17) is 9.52 Å². The van der Waals surface area contributed by atoms with E-state index in [1.807, 2.05) is 0 Å². The number of sulfone groups is 1. The molecule has 0 aliphatic heterocycles. The molecule has 0 fully saturated rings.